The van der Waals surface area contributed by atoms with Gasteiger partial charge in [-0.1, -0.05) is 42.8 Å². The van der Waals surface area contributed by atoms with Crippen molar-refractivity contribution in [1.29, 1.82) is 0 Å². The molecule has 2 N–H and O–H groups in total. The van der Waals surface area contributed by atoms with E-state index in [1.807, 2.05) is 25.4 Å². The fourth-order valence-electron chi connectivity index (χ4n) is 3.69. The fraction of sp³-hybridized carbons (Fsp3) is 0.500. The number of likely N-dealkylation sites (tertiary alicyclic amines) is 1. The molecular formula is C24H36IN5O. The SMILES string of the molecule is CCCOc1ccc(CNC(=NC)NC2CCN(Cc3cccc(C)c3)CC2)cn1.I. The summed E-state index contributed by atoms with van der Waals surface area (Å²) < 4.78 is 5.54. The molecule has 2 heterocycles. The average Bonchev–Trinajstić information content (AvgIpc) is 2.77. The number of aromatic nitrogens is 1. The van der Waals surface area contributed by atoms with E-state index >= 15 is 0 Å². The van der Waals surface area contributed by atoms with Crippen LogP contribution in [0.5, 0.6) is 5.88 Å². The van der Waals surface area contributed by atoms with Gasteiger partial charge in [0.1, 0.15) is 0 Å². The average molecular weight is 537 g/mol. The third-order valence-electron chi connectivity index (χ3n) is 5.35. The van der Waals surface area contributed by atoms with E-state index in [1.165, 1.54) is 11.1 Å². The molecule has 0 atom stereocenters. The molecule has 31 heavy (non-hydrogen) atoms. The van der Waals surface area contributed by atoms with E-state index in [0.29, 0.717) is 25.1 Å². The van der Waals surface area contributed by atoms with Crippen molar-refractivity contribution in [3.8, 4) is 5.88 Å². The van der Waals surface area contributed by atoms with E-state index in [1.54, 1.807) is 0 Å². The number of hydrogen-bond acceptors (Lipinski definition) is 4. The van der Waals surface area contributed by atoms with E-state index in [9.17, 15) is 0 Å². The van der Waals surface area contributed by atoms with Crippen molar-refractivity contribution in [2.45, 2.75) is 52.2 Å². The Bertz CT molecular complexity index is 804. The molecule has 2 aromatic rings. The van der Waals surface area contributed by atoms with Gasteiger partial charge in [-0.2, -0.15) is 0 Å². The van der Waals surface area contributed by atoms with Crippen LogP contribution in [0.1, 0.15) is 42.9 Å². The smallest absolute Gasteiger partial charge is 0.213 e. The summed E-state index contributed by atoms with van der Waals surface area (Å²) in [5, 5.41) is 6.97. The van der Waals surface area contributed by atoms with Crippen LogP contribution in [0.15, 0.2) is 47.6 Å². The predicted octanol–water partition coefficient (Wildman–Crippen LogP) is 4.13. The Morgan fingerprint density at radius 2 is 2.00 bits per heavy atom. The van der Waals surface area contributed by atoms with Crippen LogP contribution in [0.2, 0.25) is 0 Å². The monoisotopic (exact) mass is 537 g/mol. The van der Waals surface area contributed by atoms with Gasteiger partial charge in [0, 0.05) is 51.5 Å². The number of aryl methyl sites for hydroxylation is 1. The summed E-state index contributed by atoms with van der Waals surface area (Å²) >= 11 is 0. The minimum atomic E-state index is 0. The molecule has 7 heteroatoms. The lowest BCUT2D eigenvalue weighted by atomic mass is 10.0. The molecule has 0 unspecified atom stereocenters. The van der Waals surface area contributed by atoms with Gasteiger partial charge in [-0.3, -0.25) is 9.89 Å². The molecule has 1 aliphatic rings. The minimum absolute atomic E-state index is 0. The molecule has 170 valence electrons. The van der Waals surface area contributed by atoms with Gasteiger partial charge in [0.25, 0.3) is 0 Å². The molecule has 0 bridgehead atoms. The molecule has 1 saturated heterocycles. The van der Waals surface area contributed by atoms with Crippen LogP contribution >= 0.6 is 24.0 Å². The Morgan fingerprint density at radius 1 is 1.19 bits per heavy atom. The zero-order valence-corrected chi connectivity index (χ0v) is 21.3. The molecule has 1 fully saturated rings. The quantitative estimate of drug-likeness (QED) is 0.302. The van der Waals surface area contributed by atoms with Crippen LogP contribution in [0.4, 0.5) is 0 Å². The van der Waals surface area contributed by atoms with Gasteiger partial charge in [0.05, 0.1) is 6.61 Å². The maximum Gasteiger partial charge on any atom is 0.213 e. The maximum atomic E-state index is 5.54. The molecule has 0 amide bonds. The van der Waals surface area contributed by atoms with Crippen molar-refractivity contribution in [3.63, 3.8) is 0 Å². The van der Waals surface area contributed by atoms with E-state index in [0.717, 1.165) is 50.4 Å². The molecule has 1 aliphatic heterocycles. The number of rotatable bonds is 8. The van der Waals surface area contributed by atoms with Gasteiger partial charge in [-0.15, -0.1) is 24.0 Å². The Balaban J connectivity index is 0.00000341. The summed E-state index contributed by atoms with van der Waals surface area (Å²) in [4.78, 5) is 11.3. The fourth-order valence-corrected chi connectivity index (χ4v) is 3.69. The second-order valence-corrected chi connectivity index (χ2v) is 7.96. The highest BCUT2D eigenvalue weighted by atomic mass is 127. The summed E-state index contributed by atoms with van der Waals surface area (Å²) in [5.74, 6) is 1.53. The number of nitrogens with one attached hydrogen (secondary N) is 2. The lowest BCUT2D eigenvalue weighted by Gasteiger charge is -2.33. The van der Waals surface area contributed by atoms with Crippen molar-refractivity contribution in [2.75, 3.05) is 26.7 Å². The maximum absolute atomic E-state index is 5.54. The molecule has 0 saturated carbocycles. The van der Waals surface area contributed by atoms with Crippen molar-refractivity contribution in [3.05, 3.63) is 59.3 Å². The molecule has 6 nitrogen and oxygen atoms in total. The predicted molar refractivity (Wildman–Crippen MR) is 138 cm³/mol. The van der Waals surface area contributed by atoms with Crippen LogP contribution in [0, 0.1) is 6.92 Å². The first-order valence-corrected chi connectivity index (χ1v) is 11.0. The van der Waals surface area contributed by atoms with E-state index in [4.69, 9.17) is 4.74 Å². The number of pyridine rings is 1. The largest absolute Gasteiger partial charge is 0.478 e. The minimum Gasteiger partial charge on any atom is -0.478 e. The number of halogens is 1. The van der Waals surface area contributed by atoms with Crippen molar-refractivity contribution in [2.24, 2.45) is 4.99 Å². The Hall–Kier alpha value is -1.87. The standard InChI is InChI=1S/C24H35N5O.HI/c1-4-14-30-23-9-8-21(16-26-23)17-27-24(25-3)28-22-10-12-29(13-11-22)18-20-7-5-6-19(2)15-20;/h5-9,15-16,22H,4,10-14,17-18H2,1-3H3,(H2,25,27,28);1H. The van der Waals surface area contributed by atoms with Gasteiger partial charge < -0.3 is 15.4 Å². The van der Waals surface area contributed by atoms with Crippen LogP contribution < -0.4 is 15.4 Å². The summed E-state index contributed by atoms with van der Waals surface area (Å²) in [5.41, 5.74) is 3.84. The number of benzene rings is 1. The van der Waals surface area contributed by atoms with Crippen molar-refractivity contribution in [1.82, 2.24) is 20.5 Å². The zero-order valence-electron chi connectivity index (χ0n) is 18.9. The highest BCUT2D eigenvalue weighted by Gasteiger charge is 2.20. The highest BCUT2D eigenvalue weighted by Crippen LogP contribution is 2.15. The second kappa shape index (κ2) is 13.5. The summed E-state index contributed by atoms with van der Waals surface area (Å²) in [6.45, 7) is 8.87. The number of nitrogens with zero attached hydrogens (tertiary/aromatic N) is 3. The molecule has 1 aromatic heterocycles. The number of piperidine rings is 1. The zero-order chi connectivity index (χ0) is 21.2. The first-order chi connectivity index (χ1) is 14.7. The summed E-state index contributed by atoms with van der Waals surface area (Å²) in [7, 11) is 1.82. The van der Waals surface area contributed by atoms with E-state index in [2.05, 4.69) is 63.6 Å². The molecule has 0 spiro atoms. The van der Waals surface area contributed by atoms with Crippen LogP contribution in [0.3, 0.4) is 0 Å². The molecule has 0 radical (unpaired) electrons. The van der Waals surface area contributed by atoms with Crippen molar-refractivity contribution >= 4 is 29.9 Å². The topological polar surface area (TPSA) is 61.8 Å². The normalized spacial score (nSPS) is 15.3. The summed E-state index contributed by atoms with van der Waals surface area (Å²) in [6, 6.07) is 13.2. The van der Waals surface area contributed by atoms with Crippen LogP contribution in [0.25, 0.3) is 0 Å². The second-order valence-electron chi connectivity index (χ2n) is 7.96. The highest BCUT2D eigenvalue weighted by molar-refractivity contribution is 14.0. The third kappa shape index (κ3) is 8.65. The van der Waals surface area contributed by atoms with Gasteiger partial charge in [-0.25, -0.2) is 4.98 Å². The van der Waals surface area contributed by atoms with E-state index in [-0.39, 0.29) is 24.0 Å². The molecule has 1 aromatic carbocycles. The lowest BCUT2D eigenvalue weighted by molar-refractivity contribution is 0.198. The van der Waals surface area contributed by atoms with Gasteiger partial charge >= 0.3 is 0 Å². The summed E-state index contributed by atoms with van der Waals surface area (Å²) in [6.07, 6.45) is 5.09. The molecular weight excluding hydrogens is 501 g/mol. The van der Waals surface area contributed by atoms with Gasteiger partial charge in [0.2, 0.25) is 5.88 Å². The van der Waals surface area contributed by atoms with Gasteiger partial charge in [0.15, 0.2) is 5.96 Å². The third-order valence-corrected chi connectivity index (χ3v) is 5.35. The number of guanidine groups is 1. The Kier molecular flexibility index (Phi) is 11.1. The number of hydrogen-bond donors (Lipinski definition) is 2. The first kappa shape index (κ1) is 25.4. The Labute approximate surface area is 203 Å². The number of aliphatic imine (C=N–C) groups is 1. The van der Waals surface area contributed by atoms with Gasteiger partial charge in [-0.05, 0) is 37.3 Å². The molecule has 3 rings (SSSR count). The molecule has 0 aliphatic carbocycles. The van der Waals surface area contributed by atoms with Crippen LogP contribution in [-0.2, 0) is 13.1 Å². The van der Waals surface area contributed by atoms with Crippen LogP contribution in [-0.4, -0.2) is 48.6 Å². The lowest BCUT2D eigenvalue weighted by Crippen LogP contribution is -2.48. The first-order valence-electron chi connectivity index (χ1n) is 11.0. The van der Waals surface area contributed by atoms with Crippen molar-refractivity contribution < 1.29 is 4.74 Å². The Morgan fingerprint density at radius 3 is 2.65 bits per heavy atom. The van der Waals surface area contributed by atoms with E-state index < -0.39 is 0 Å². The number of ether oxygens (including phenoxy) is 1.